The molecule has 1 aliphatic rings. The molecule has 0 atom stereocenters. The first-order valence-corrected chi connectivity index (χ1v) is 27.3. The first-order chi connectivity index (χ1) is 39.8. The van der Waals surface area contributed by atoms with Crippen LogP contribution in [0.1, 0.15) is 43.0 Å². The molecule has 0 unspecified atom stereocenters. The van der Waals surface area contributed by atoms with E-state index in [0.29, 0.717) is 11.1 Å². The van der Waals surface area contributed by atoms with Crippen LogP contribution in [0.3, 0.4) is 0 Å². The number of aromatic nitrogens is 2. The number of hydrogen-bond acceptors (Lipinski definition) is 2. The van der Waals surface area contributed by atoms with Gasteiger partial charge in [-0.1, -0.05) is 206 Å². The van der Waals surface area contributed by atoms with Gasteiger partial charge in [-0.15, -0.1) is 0 Å². The fourth-order valence-corrected chi connectivity index (χ4v) is 13.2. The monoisotopic (exact) mass is 1040 g/mol. The van der Waals surface area contributed by atoms with Gasteiger partial charge in [0.2, 0.25) is 11.8 Å². The zero-order chi connectivity index (χ0) is 54.3. The molecule has 2 amide bonds. The number of para-hydroxylation sites is 4. The second-order valence-corrected chi connectivity index (χ2v) is 21.1. The molecule has 14 aromatic rings. The highest BCUT2D eigenvalue weighted by Gasteiger charge is 2.47. The fraction of sp³-hybridized carbons (Fsp3) is 0.0133. The van der Waals surface area contributed by atoms with Crippen molar-refractivity contribution < 1.29 is 9.59 Å². The lowest BCUT2D eigenvalue weighted by atomic mass is 9.66. The molecule has 0 bridgehead atoms. The third kappa shape index (κ3) is 7.42. The van der Waals surface area contributed by atoms with Crippen LogP contribution < -0.4 is 11.5 Å². The molecule has 382 valence electrons. The number of nitrogens with zero attached hydrogens (tertiary/aromatic N) is 2. The number of hydrogen-bond donors (Lipinski definition) is 2. The van der Waals surface area contributed by atoms with Gasteiger partial charge in [0, 0.05) is 44.0 Å². The molecule has 81 heavy (non-hydrogen) atoms. The molecule has 0 saturated heterocycles. The van der Waals surface area contributed by atoms with Gasteiger partial charge in [-0.25, -0.2) is 0 Å². The van der Waals surface area contributed by atoms with E-state index < -0.39 is 17.2 Å². The normalized spacial score (nSPS) is 12.5. The maximum atomic E-state index is 12.9. The van der Waals surface area contributed by atoms with Crippen molar-refractivity contribution in [3.63, 3.8) is 0 Å². The SMILES string of the molecule is NC(=O)c1ccccc1-c1ccc(C2(c3ccc(-c4ccccc4C(N)=O)cc3)c3cc(-c4ccc5c6ccccc6n(-c6ccccc6)c5c4)ccc3-c3ccc(-c4ccc5c6ccccc6n(-c6ccccc6)c5c4)cc32)cc1. The van der Waals surface area contributed by atoms with Gasteiger partial charge >= 0.3 is 0 Å². The number of carbonyl (C=O) groups is 2. The smallest absolute Gasteiger partial charge is 0.249 e. The van der Waals surface area contributed by atoms with Gasteiger partial charge in [0.15, 0.2) is 0 Å². The molecular formula is C75H50N4O2. The molecule has 2 heterocycles. The zero-order valence-corrected chi connectivity index (χ0v) is 43.9. The number of rotatable bonds is 10. The van der Waals surface area contributed by atoms with E-state index in [1.807, 2.05) is 36.4 Å². The van der Waals surface area contributed by atoms with Crippen LogP contribution in [0.25, 0.3) is 111 Å². The molecule has 6 heteroatoms. The number of benzene rings is 12. The Morgan fingerprint density at radius 2 is 0.617 bits per heavy atom. The molecular weight excluding hydrogens is 989 g/mol. The van der Waals surface area contributed by atoms with Crippen LogP contribution in [0.2, 0.25) is 0 Å². The van der Waals surface area contributed by atoms with Crippen LogP contribution in [0.5, 0.6) is 0 Å². The van der Waals surface area contributed by atoms with Crippen LogP contribution in [-0.4, -0.2) is 20.9 Å². The summed E-state index contributed by atoms with van der Waals surface area (Å²) in [4.78, 5) is 25.8. The highest BCUT2D eigenvalue weighted by atomic mass is 16.1. The number of primary amides is 2. The predicted molar refractivity (Wildman–Crippen MR) is 331 cm³/mol. The predicted octanol–water partition coefficient (Wildman–Crippen LogP) is 17.1. The Kier molecular flexibility index (Phi) is 10.9. The molecule has 0 radical (unpaired) electrons. The van der Waals surface area contributed by atoms with Crippen molar-refractivity contribution in [2.75, 3.05) is 0 Å². The molecule has 12 aromatic carbocycles. The zero-order valence-electron chi connectivity index (χ0n) is 43.9. The van der Waals surface area contributed by atoms with Crippen molar-refractivity contribution in [1.29, 1.82) is 0 Å². The summed E-state index contributed by atoms with van der Waals surface area (Å²) in [6.45, 7) is 0. The van der Waals surface area contributed by atoms with E-state index in [-0.39, 0.29) is 0 Å². The summed E-state index contributed by atoms with van der Waals surface area (Å²) in [6, 6.07) is 98.6. The van der Waals surface area contributed by atoms with E-state index in [1.165, 1.54) is 21.5 Å². The second kappa shape index (κ2) is 18.7. The van der Waals surface area contributed by atoms with E-state index in [1.54, 1.807) is 12.1 Å². The summed E-state index contributed by atoms with van der Waals surface area (Å²) in [6.07, 6.45) is 0. The Labute approximate surface area is 468 Å². The van der Waals surface area contributed by atoms with Gasteiger partial charge in [0.05, 0.1) is 27.5 Å². The van der Waals surface area contributed by atoms with Gasteiger partial charge < -0.3 is 20.6 Å². The van der Waals surface area contributed by atoms with Gasteiger partial charge in [0.25, 0.3) is 0 Å². The average molecular weight is 1040 g/mol. The van der Waals surface area contributed by atoms with Crippen LogP contribution in [0.15, 0.2) is 279 Å². The first-order valence-electron chi connectivity index (χ1n) is 27.3. The standard InChI is InChI=1S/C75H50N4O2/c76-73(80)65-23-9-7-19-57(65)47-27-35-53(36-28-47)75(54-37-29-48(30-38-54)58-20-8-10-24-66(58)74(77)81)67-43-49(51-33-41-63-61-21-11-13-25-69(61)78(71(63)45-51)55-15-3-1-4-16-55)31-39-59(67)60-40-32-50(44-68(60)75)52-34-42-64-62-22-12-14-26-70(62)79(72(64)46-52)56-17-5-2-6-18-56/h1-46H,(H2,76,80)(H2,77,81). The van der Waals surface area contributed by atoms with E-state index in [2.05, 4.69) is 240 Å². The molecule has 15 rings (SSSR count). The van der Waals surface area contributed by atoms with Crippen molar-refractivity contribution in [1.82, 2.24) is 9.13 Å². The van der Waals surface area contributed by atoms with Gasteiger partial charge in [-0.3, -0.25) is 9.59 Å². The maximum Gasteiger partial charge on any atom is 0.249 e. The molecule has 6 nitrogen and oxygen atoms in total. The summed E-state index contributed by atoms with van der Waals surface area (Å²) < 4.78 is 4.74. The van der Waals surface area contributed by atoms with Crippen LogP contribution >= 0.6 is 0 Å². The highest BCUT2D eigenvalue weighted by Crippen LogP contribution is 2.58. The summed E-state index contributed by atoms with van der Waals surface area (Å²) in [5, 5.41) is 4.78. The molecule has 0 fully saturated rings. The first kappa shape index (κ1) is 47.4. The Balaban J connectivity index is 0.991. The van der Waals surface area contributed by atoms with Crippen molar-refractivity contribution in [3.05, 3.63) is 312 Å². The summed E-state index contributed by atoms with van der Waals surface area (Å²) in [5.41, 5.74) is 33.0. The quantitative estimate of drug-likeness (QED) is 0.143. The van der Waals surface area contributed by atoms with Crippen molar-refractivity contribution in [3.8, 4) is 67.0 Å². The Hall–Kier alpha value is -10.8. The van der Waals surface area contributed by atoms with E-state index in [9.17, 15) is 9.59 Å². The van der Waals surface area contributed by atoms with E-state index >= 15 is 0 Å². The van der Waals surface area contributed by atoms with Crippen molar-refractivity contribution in [2.45, 2.75) is 5.41 Å². The largest absolute Gasteiger partial charge is 0.366 e. The van der Waals surface area contributed by atoms with Crippen LogP contribution in [-0.2, 0) is 5.41 Å². The van der Waals surface area contributed by atoms with E-state index in [4.69, 9.17) is 11.5 Å². The third-order valence-electron chi connectivity index (χ3n) is 16.8. The Morgan fingerprint density at radius 1 is 0.284 bits per heavy atom. The topological polar surface area (TPSA) is 96.0 Å². The number of fused-ring (bicyclic) bond motifs is 9. The van der Waals surface area contributed by atoms with Crippen molar-refractivity contribution in [2.24, 2.45) is 11.5 Å². The summed E-state index contributed by atoms with van der Waals surface area (Å²) in [5.74, 6) is -0.958. The summed E-state index contributed by atoms with van der Waals surface area (Å²) in [7, 11) is 0. The van der Waals surface area contributed by atoms with Gasteiger partial charge in [0.1, 0.15) is 0 Å². The molecule has 0 spiro atoms. The molecule has 4 N–H and O–H groups in total. The molecule has 0 saturated carbocycles. The van der Waals surface area contributed by atoms with Gasteiger partial charge in [-0.2, -0.15) is 0 Å². The molecule has 0 aliphatic heterocycles. The lowest BCUT2D eigenvalue weighted by Crippen LogP contribution is -2.28. The third-order valence-corrected chi connectivity index (χ3v) is 16.8. The number of nitrogens with two attached hydrogens (primary N) is 2. The molecule has 1 aliphatic carbocycles. The average Bonchev–Trinajstić information content (AvgIpc) is 2.90. The minimum Gasteiger partial charge on any atom is -0.366 e. The fourth-order valence-electron chi connectivity index (χ4n) is 13.2. The Morgan fingerprint density at radius 3 is 1.04 bits per heavy atom. The number of amides is 2. The molecule has 2 aromatic heterocycles. The minimum absolute atomic E-state index is 0.462. The number of carbonyl (C=O) groups excluding carboxylic acids is 2. The van der Waals surface area contributed by atoms with Gasteiger partial charge in [-0.05, 0) is 151 Å². The second-order valence-electron chi connectivity index (χ2n) is 21.1. The minimum atomic E-state index is -0.897. The van der Waals surface area contributed by atoms with E-state index in [0.717, 1.165) is 111 Å². The Bertz CT molecular complexity index is 4550. The maximum absolute atomic E-state index is 12.9. The lowest BCUT2D eigenvalue weighted by Gasteiger charge is -2.35. The van der Waals surface area contributed by atoms with Crippen LogP contribution in [0.4, 0.5) is 0 Å². The lowest BCUT2D eigenvalue weighted by molar-refractivity contribution is 0.0992. The van der Waals surface area contributed by atoms with Crippen LogP contribution in [0, 0.1) is 0 Å². The highest BCUT2D eigenvalue weighted by molar-refractivity contribution is 6.12. The van der Waals surface area contributed by atoms with Crippen molar-refractivity contribution >= 4 is 55.4 Å². The summed E-state index contributed by atoms with van der Waals surface area (Å²) >= 11 is 0.